The van der Waals surface area contributed by atoms with Gasteiger partial charge in [-0.05, 0) is 13.3 Å². The molecule has 2 unspecified atom stereocenters. The van der Waals surface area contributed by atoms with E-state index in [1.807, 2.05) is 0 Å². The normalized spacial score (nSPS) is 16.3. The van der Waals surface area contributed by atoms with Crippen molar-refractivity contribution in [3.8, 4) is 0 Å². The second-order valence-electron chi connectivity index (χ2n) is 3.15. The molecule has 0 radical (unpaired) electrons. The third kappa shape index (κ3) is 8.83. The molecule has 3 nitrogen and oxygen atoms in total. The number of rotatable bonds is 7. The summed E-state index contributed by atoms with van der Waals surface area (Å²) < 4.78 is 50.5. The van der Waals surface area contributed by atoms with Gasteiger partial charge in [0.25, 0.3) is 0 Å². The van der Waals surface area contributed by atoms with E-state index in [1.165, 1.54) is 0 Å². The molecule has 0 saturated heterocycles. The van der Waals surface area contributed by atoms with Gasteiger partial charge in [-0.3, -0.25) is 4.21 Å². The molecule has 0 rings (SSSR count). The summed E-state index contributed by atoms with van der Waals surface area (Å²) in [5.41, 5.74) is 5.29. The molecule has 0 spiro atoms. The van der Waals surface area contributed by atoms with Crippen LogP contribution >= 0.6 is 0 Å². The van der Waals surface area contributed by atoms with E-state index in [0.717, 1.165) is 0 Å². The second kappa shape index (κ2) is 7.19. The number of hydrogen-bond acceptors (Lipinski definition) is 3. The summed E-state index contributed by atoms with van der Waals surface area (Å²) in [6, 6.07) is 0. The van der Waals surface area contributed by atoms with E-state index < -0.39 is 23.6 Å². The highest BCUT2D eigenvalue weighted by atomic mass is 32.2. The van der Waals surface area contributed by atoms with Gasteiger partial charge in [-0.25, -0.2) is 0 Å². The molecule has 0 amide bonds. The van der Waals surface area contributed by atoms with Crippen LogP contribution in [0.15, 0.2) is 0 Å². The molecule has 0 aliphatic carbocycles. The summed E-state index contributed by atoms with van der Waals surface area (Å²) in [5, 5.41) is -0.118. The van der Waals surface area contributed by atoms with E-state index in [-0.39, 0.29) is 11.9 Å². The highest BCUT2D eigenvalue weighted by molar-refractivity contribution is 7.85. The Bertz CT molecular complexity index is 199. The lowest BCUT2D eigenvalue weighted by molar-refractivity contribution is -0.173. The van der Waals surface area contributed by atoms with Gasteiger partial charge < -0.3 is 10.5 Å². The van der Waals surface area contributed by atoms with Crippen LogP contribution in [0.1, 0.15) is 13.3 Å². The Kier molecular flexibility index (Phi) is 7.12. The summed E-state index contributed by atoms with van der Waals surface area (Å²) in [4.78, 5) is 0. The van der Waals surface area contributed by atoms with E-state index in [2.05, 4.69) is 4.74 Å². The fourth-order valence-corrected chi connectivity index (χ4v) is 1.82. The first-order valence-electron chi connectivity index (χ1n) is 4.58. The number of alkyl halides is 3. The molecule has 0 aliphatic heterocycles. The molecule has 7 heteroatoms. The molecule has 0 aromatic rings. The number of halogens is 3. The summed E-state index contributed by atoms with van der Waals surface area (Å²) in [7, 11) is -1.08. The molecular formula is C8H16F3NO2S. The lowest BCUT2D eigenvalue weighted by Crippen LogP contribution is -2.24. The molecular weight excluding hydrogens is 231 g/mol. The smallest absolute Gasteiger partial charge is 0.372 e. The summed E-state index contributed by atoms with van der Waals surface area (Å²) in [5.74, 6) is 0.330. The van der Waals surface area contributed by atoms with Crippen LogP contribution in [0.4, 0.5) is 13.2 Å². The molecule has 0 aliphatic rings. The molecule has 0 bridgehead atoms. The third-order valence-electron chi connectivity index (χ3n) is 1.68. The van der Waals surface area contributed by atoms with Crippen molar-refractivity contribution in [2.45, 2.75) is 24.8 Å². The SMILES string of the molecule is CC(CN)S(=O)CCCOCC(F)(F)F. The standard InChI is InChI=1S/C8H16F3NO2S/c1-7(5-12)15(13)4-2-3-14-6-8(9,10)11/h7H,2-6,12H2,1H3. The van der Waals surface area contributed by atoms with E-state index in [4.69, 9.17) is 5.73 Å². The predicted molar refractivity (Wildman–Crippen MR) is 53.0 cm³/mol. The van der Waals surface area contributed by atoms with Gasteiger partial charge in [0.1, 0.15) is 6.61 Å². The maximum Gasteiger partial charge on any atom is 0.411 e. The van der Waals surface area contributed by atoms with Crippen molar-refractivity contribution in [3.63, 3.8) is 0 Å². The minimum atomic E-state index is -4.29. The van der Waals surface area contributed by atoms with Gasteiger partial charge in [-0.15, -0.1) is 0 Å². The lowest BCUT2D eigenvalue weighted by Gasteiger charge is -2.09. The van der Waals surface area contributed by atoms with Gasteiger partial charge in [-0.2, -0.15) is 13.2 Å². The number of nitrogens with two attached hydrogens (primary N) is 1. The minimum Gasteiger partial charge on any atom is -0.372 e. The fourth-order valence-electron chi connectivity index (χ4n) is 0.800. The van der Waals surface area contributed by atoms with Crippen molar-refractivity contribution in [2.75, 3.05) is 25.5 Å². The zero-order valence-corrected chi connectivity index (χ0v) is 9.37. The molecule has 0 aromatic carbocycles. The average Bonchev–Trinajstić information content (AvgIpc) is 2.14. The molecule has 2 atom stereocenters. The second-order valence-corrected chi connectivity index (χ2v) is 5.13. The molecule has 0 fully saturated rings. The fraction of sp³-hybridized carbons (Fsp3) is 1.00. The van der Waals surface area contributed by atoms with Crippen molar-refractivity contribution >= 4 is 10.8 Å². The minimum absolute atomic E-state index is 0.0253. The predicted octanol–water partition coefficient (Wildman–Crippen LogP) is 1.05. The van der Waals surface area contributed by atoms with Crippen molar-refractivity contribution in [1.82, 2.24) is 0 Å². The number of hydrogen-bond donors (Lipinski definition) is 1. The Hall–Kier alpha value is -0.140. The zero-order valence-electron chi connectivity index (χ0n) is 8.55. The van der Waals surface area contributed by atoms with Crippen LogP contribution in [0.5, 0.6) is 0 Å². The Balaban J connectivity index is 3.43. The summed E-state index contributed by atoms with van der Waals surface area (Å²) in [6.45, 7) is 0.789. The summed E-state index contributed by atoms with van der Waals surface area (Å²) in [6.07, 6.45) is -3.93. The van der Waals surface area contributed by atoms with Crippen LogP contribution < -0.4 is 5.73 Å². The lowest BCUT2D eigenvalue weighted by atomic mass is 10.5. The Morgan fingerprint density at radius 1 is 1.47 bits per heavy atom. The molecule has 0 heterocycles. The highest BCUT2D eigenvalue weighted by Crippen LogP contribution is 2.14. The van der Waals surface area contributed by atoms with Gasteiger partial charge in [0.15, 0.2) is 0 Å². The van der Waals surface area contributed by atoms with E-state index in [9.17, 15) is 17.4 Å². The van der Waals surface area contributed by atoms with Crippen molar-refractivity contribution in [2.24, 2.45) is 5.73 Å². The first-order valence-corrected chi connectivity index (χ1v) is 5.96. The van der Waals surface area contributed by atoms with Crippen LogP contribution in [0.25, 0.3) is 0 Å². The Labute approximate surface area is 89.6 Å². The summed E-state index contributed by atoms with van der Waals surface area (Å²) >= 11 is 0. The van der Waals surface area contributed by atoms with E-state index in [0.29, 0.717) is 18.7 Å². The van der Waals surface area contributed by atoms with Crippen LogP contribution in [-0.4, -0.2) is 41.1 Å². The largest absolute Gasteiger partial charge is 0.411 e. The van der Waals surface area contributed by atoms with Crippen LogP contribution in [0.2, 0.25) is 0 Å². The van der Waals surface area contributed by atoms with Gasteiger partial charge >= 0.3 is 6.18 Å². The van der Waals surface area contributed by atoms with Crippen LogP contribution in [0, 0.1) is 0 Å². The van der Waals surface area contributed by atoms with E-state index in [1.54, 1.807) is 6.92 Å². The molecule has 2 N–H and O–H groups in total. The van der Waals surface area contributed by atoms with Crippen molar-refractivity contribution < 1.29 is 22.1 Å². The Morgan fingerprint density at radius 3 is 2.53 bits per heavy atom. The topological polar surface area (TPSA) is 52.3 Å². The Morgan fingerprint density at radius 2 is 2.07 bits per heavy atom. The van der Waals surface area contributed by atoms with Gasteiger partial charge in [0.2, 0.25) is 0 Å². The van der Waals surface area contributed by atoms with Gasteiger partial charge in [0.05, 0.1) is 0 Å². The van der Waals surface area contributed by atoms with Crippen molar-refractivity contribution in [1.29, 1.82) is 0 Å². The quantitative estimate of drug-likeness (QED) is 0.684. The van der Waals surface area contributed by atoms with E-state index >= 15 is 0 Å². The average molecular weight is 247 g/mol. The van der Waals surface area contributed by atoms with Gasteiger partial charge in [0, 0.05) is 35.0 Å². The first-order chi connectivity index (χ1) is 6.87. The monoisotopic (exact) mass is 247 g/mol. The number of ether oxygens (including phenoxy) is 1. The highest BCUT2D eigenvalue weighted by Gasteiger charge is 2.27. The molecule has 0 aromatic heterocycles. The molecule has 0 saturated carbocycles. The van der Waals surface area contributed by atoms with Crippen LogP contribution in [-0.2, 0) is 15.5 Å². The van der Waals surface area contributed by atoms with Crippen LogP contribution in [0.3, 0.4) is 0 Å². The van der Waals surface area contributed by atoms with Gasteiger partial charge in [-0.1, -0.05) is 0 Å². The zero-order chi connectivity index (χ0) is 11.9. The first kappa shape index (κ1) is 14.9. The molecule has 15 heavy (non-hydrogen) atoms. The molecule has 92 valence electrons. The van der Waals surface area contributed by atoms with Crippen molar-refractivity contribution in [3.05, 3.63) is 0 Å². The maximum atomic E-state index is 11.6. The third-order valence-corrected chi connectivity index (χ3v) is 3.46. The maximum absolute atomic E-state index is 11.6.